The summed E-state index contributed by atoms with van der Waals surface area (Å²) in [4.78, 5) is 13.4. The van der Waals surface area contributed by atoms with E-state index in [0.29, 0.717) is 17.1 Å². The predicted molar refractivity (Wildman–Crippen MR) is 75.1 cm³/mol. The number of carbonyl (C=O) groups excluding carboxylic acids is 1. The molecule has 116 valence electrons. The number of hydrogen-bond acceptors (Lipinski definition) is 6. The molecule has 7 nitrogen and oxygen atoms in total. The van der Waals surface area contributed by atoms with Gasteiger partial charge in [-0.05, 0) is 24.3 Å². The molecule has 0 N–H and O–H groups in total. The van der Waals surface area contributed by atoms with Crippen molar-refractivity contribution < 1.29 is 21.5 Å². The lowest BCUT2D eigenvalue weighted by Crippen LogP contribution is -2.25. The highest BCUT2D eigenvalue weighted by Gasteiger charge is 2.33. The molecule has 2 heterocycles. The number of nitrogens with zero attached hydrogens (tertiary/aromatic N) is 3. The maximum Gasteiger partial charge on any atom is 0.302 e. The lowest BCUT2D eigenvalue weighted by molar-refractivity contribution is -0.117. The topological polar surface area (TPSA) is 93.4 Å². The quantitative estimate of drug-likeness (QED) is 0.789. The highest BCUT2D eigenvalue weighted by molar-refractivity contribution is 7.86. The van der Waals surface area contributed by atoms with E-state index in [1.807, 2.05) is 0 Å². The summed E-state index contributed by atoms with van der Waals surface area (Å²) in [6.45, 7) is 0.182. The van der Waals surface area contributed by atoms with Crippen LogP contribution in [0.5, 0.6) is 0 Å². The molecule has 1 amide bonds. The van der Waals surface area contributed by atoms with Gasteiger partial charge in [0.1, 0.15) is 0 Å². The van der Waals surface area contributed by atoms with Crippen LogP contribution < -0.4 is 4.90 Å². The summed E-state index contributed by atoms with van der Waals surface area (Å²) in [5, 5.41) is 7.36. The zero-order valence-electron chi connectivity index (χ0n) is 11.3. The van der Waals surface area contributed by atoms with E-state index in [4.69, 9.17) is 4.42 Å². The summed E-state index contributed by atoms with van der Waals surface area (Å²) in [6, 6.07) is 6.83. The highest BCUT2D eigenvalue weighted by Crippen LogP contribution is 2.28. The van der Waals surface area contributed by atoms with Crippen LogP contribution in [0.3, 0.4) is 0 Å². The molecule has 0 aliphatic carbocycles. The molecule has 1 aromatic heterocycles. The maximum absolute atomic E-state index is 12.7. The molecule has 1 aliphatic heterocycles. The van der Waals surface area contributed by atoms with Crippen molar-refractivity contribution in [1.29, 1.82) is 0 Å². The molecular weight excluding hydrogens is 313 g/mol. The van der Waals surface area contributed by atoms with Crippen molar-refractivity contribution in [2.75, 3.05) is 17.2 Å². The van der Waals surface area contributed by atoms with Gasteiger partial charge in [-0.2, -0.15) is 8.42 Å². The monoisotopic (exact) mass is 325 g/mol. The number of rotatable bonds is 4. The summed E-state index contributed by atoms with van der Waals surface area (Å²) in [7, 11) is -4.58. The number of aromatic nitrogens is 2. The molecule has 3 rings (SSSR count). The average molecular weight is 325 g/mol. The molecule has 0 bridgehead atoms. The second-order valence-corrected chi connectivity index (χ2v) is 6.48. The maximum atomic E-state index is 12.7. The van der Waals surface area contributed by atoms with Gasteiger partial charge in [0.05, 0.1) is 5.75 Å². The molecule has 0 saturated carbocycles. The third kappa shape index (κ3) is 3.14. The molecule has 0 radical (unpaired) electrons. The Kier molecular flexibility index (Phi) is 3.65. The number of amides is 1. The van der Waals surface area contributed by atoms with Crippen molar-refractivity contribution in [3.05, 3.63) is 30.7 Å². The first-order valence-electron chi connectivity index (χ1n) is 6.52. The van der Waals surface area contributed by atoms with Crippen LogP contribution in [0.25, 0.3) is 11.5 Å². The lowest BCUT2D eigenvalue weighted by atomic mass is 10.1. The van der Waals surface area contributed by atoms with Crippen molar-refractivity contribution >= 4 is 21.8 Å². The van der Waals surface area contributed by atoms with Gasteiger partial charge in [0.25, 0.3) is 0 Å². The van der Waals surface area contributed by atoms with Crippen LogP contribution in [-0.4, -0.2) is 36.8 Å². The van der Waals surface area contributed by atoms with E-state index in [0.717, 1.165) is 0 Å². The number of hydrogen-bond donors (Lipinski definition) is 0. The Morgan fingerprint density at radius 2 is 2.05 bits per heavy atom. The molecule has 9 heteroatoms. The Hall–Kier alpha value is -2.29. The van der Waals surface area contributed by atoms with Crippen molar-refractivity contribution in [3.63, 3.8) is 0 Å². The fourth-order valence-electron chi connectivity index (χ4n) is 2.51. The van der Waals surface area contributed by atoms with Crippen LogP contribution in [0.15, 0.2) is 35.1 Å². The second kappa shape index (κ2) is 5.48. The van der Waals surface area contributed by atoms with E-state index >= 15 is 0 Å². The number of anilines is 1. The largest absolute Gasteiger partial charge is 0.423 e. The highest BCUT2D eigenvalue weighted by atomic mass is 32.3. The van der Waals surface area contributed by atoms with E-state index < -0.39 is 21.9 Å². The molecule has 0 spiro atoms. The fourth-order valence-corrected chi connectivity index (χ4v) is 3.29. The summed E-state index contributed by atoms with van der Waals surface area (Å²) < 4.78 is 39.2. The first-order valence-corrected chi connectivity index (χ1v) is 8.07. The van der Waals surface area contributed by atoms with E-state index in [1.165, 1.54) is 11.3 Å². The van der Waals surface area contributed by atoms with E-state index in [9.17, 15) is 17.1 Å². The smallest absolute Gasteiger partial charge is 0.302 e. The molecule has 1 unspecified atom stereocenters. The number of benzene rings is 1. The van der Waals surface area contributed by atoms with Crippen LogP contribution in [0.4, 0.5) is 9.57 Å². The van der Waals surface area contributed by atoms with Crippen LogP contribution in [0, 0.1) is 5.92 Å². The van der Waals surface area contributed by atoms with Gasteiger partial charge >= 0.3 is 10.2 Å². The third-order valence-electron chi connectivity index (χ3n) is 3.43. The van der Waals surface area contributed by atoms with Crippen molar-refractivity contribution in [2.24, 2.45) is 5.92 Å². The molecular formula is C13H12FN3O4S. The van der Waals surface area contributed by atoms with Gasteiger partial charge in [-0.25, -0.2) is 0 Å². The standard InChI is InChI=1S/C13H12FN3O4S/c14-22(19,20)7-9-5-12(18)17(6-9)11-3-1-10(2-4-11)13-16-15-8-21-13/h1-4,8-9H,5-7H2. The van der Waals surface area contributed by atoms with Crippen LogP contribution >= 0.6 is 0 Å². The van der Waals surface area contributed by atoms with Gasteiger partial charge in [-0.1, -0.05) is 0 Å². The molecule has 1 atom stereocenters. The lowest BCUT2D eigenvalue weighted by Gasteiger charge is -2.16. The Balaban J connectivity index is 1.76. The molecule has 1 aromatic carbocycles. The van der Waals surface area contributed by atoms with Gasteiger partial charge in [-0.15, -0.1) is 14.1 Å². The summed E-state index contributed by atoms with van der Waals surface area (Å²) >= 11 is 0. The van der Waals surface area contributed by atoms with E-state index in [2.05, 4.69) is 10.2 Å². The minimum absolute atomic E-state index is 0.0224. The minimum atomic E-state index is -4.58. The fraction of sp³-hybridized carbons (Fsp3) is 0.308. The van der Waals surface area contributed by atoms with Crippen LogP contribution in [0.1, 0.15) is 6.42 Å². The number of carbonyl (C=O) groups is 1. The zero-order chi connectivity index (χ0) is 15.7. The van der Waals surface area contributed by atoms with Gasteiger partial charge < -0.3 is 9.32 Å². The summed E-state index contributed by atoms with van der Waals surface area (Å²) in [6.07, 6.45) is 1.24. The van der Waals surface area contributed by atoms with Gasteiger partial charge in [-0.3, -0.25) is 4.79 Å². The van der Waals surface area contributed by atoms with Crippen molar-refractivity contribution in [3.8, 4) is 11.5 Å². The van der Waals surface area contributed by atoms with Crippen molar-refractivity contribution in [2.45, 2.75) is 6.42 Å². The number of halogens is 1. The van der Waals surface area contributed by atoms with E-state index in [-0.39, 0.29) is 18.9 Å². The Bertz CT molecular complexity index is 774. The van der Waals surface area contributed by atoms with E-state index in [1.54, 1.807) is 24.3 Å². The van der Waals surface area contributed by atoms with Gasteiger partial charge in [0.2, 0.25) is 18.2 Å². The average Bonchev–Trinajstić information content (AvgIpc) is 3.07. The van der Waals surface area contributed by atoms with Crippen molar-refractivity contribution in [1.82, 2.24) is 10.2 Å². The van der Waals surface area contributed by atoms with Crippen LogP contribution in [-0.2, 0) is 15.0 Å². The first kappa shape index (κ1) is 14.6. The normalized spacial score (nSPS) is 18.9. The molecule has 1 aliphatic rings. The molecule has 2 aromatic rings. The molecule has 1 fully saturated rings. The van der Waals surface area contributed by atoms with Crippen LogP contribution in [0.2, 0.25) is 0 Å². The Morgan fingerprint density at radius 3 is 2.64 bits per heavy atom. The zero-order valence-corrected chi connectivity index (χ0v) is 12.2. The van der Waals surface area contributed by atoms with Gasteiger partial charge in [0.15, 0.2) is 0 Å². The molecule has 1 saturated heterocycles. The molecule has 22 heavy (non-hydrogen) atoms. The Labute approximate surface area is 126 Å². The Morgan fingerprint density at radius 1 is 1.32 bits per heavy atom. The summed E-state index contributed by atoms with van der Waals surface area (Å²) in [5.41, 5.74) is 1.32. The minimum Gasteiger partial charge on any atom is -0.423 e. The predicted octanol–water partition coefficient (Wildman–Crippen LogP) is 1.39. The third-order valence-corrected chi connectivity index (χ3v) is 4.30. The SMILES string of the molecule is O=C1CC(CS(=O)(=O)F)CN1c1ccc(-c2nnco2)cc1. The first-order chi connectivity index (χ1) is 10.4. The van der Waals surface area contributed by atoms with Gasteiger partial charge in [0, 0.05) is 30.1 Å². The second-order valence-electron chi connectivity index (χ2n) is 5.07. The summed E-state index contributed by atoms with van der Waals surface area (Å²) in [5.74, 6) is -1.02.